The first-order valence-electron chi connectivity index (χ1n) is 9.84. The first kappa shape index (κ1) is 22.4. The molecule has 0 saturated carbocycles. The van der Waals surface area contributed by atoms with Crippen molar-refractivity contribution in [3.05, 3.63) is 89.0 Å². The Balaban J connectivity index is 1.42. The van der Waals surface area contributed by atoms with E-state index >= 15 is 0 Å². The average Bonchev–Trinajstić information content (AvgIpc) is 3.32. The van der Waals surface area contributed by atoms with Crippen LogP contribution in [0.2, 0.25) is 0 Å². The molecule has 8 nitrogen and oxygen atoms in total. The van der Waals surface area contributed by atoms with Crippen molar-refractivity contribution in [1.29, 1.82) is 0 Å². The van der Waals surface area contributed by atoms with Crippen LogP contribution in [0.15, 0.2) is 83.3 Å². The number of pyridine rings is 1. The molecule has 2 aromatic heterocycles. The molecule has 0 unspecified atom stereocenters. The highest BCUT2D eigenvalue weighted by Gasteiger charge is 2.17. The lowest BCUT2D eigenvalue weighted by Crippen LogP contribution is -2.23. The van der Waals surface area contributed by atoms with Gasteiger partial charge in [0.2, 0.25) is 0 Å². The maximum Gasteiger partial charge on any atom is 0.261 e. The minimum absolute atomic E-state index is 0.0137. The zero-order chi connectivity index (χ0) is 23.3. The van der Waals surface area contributed by atoms with Gasteiger partial charge >= 0.3 is 0 Å². The first-order valence-corrected chi connectivity index (χ1v) is 12.2. The lowest BCUT2D eigenvalue weighted by molar-refractivity contribution is 0.0950. The fraction of sp³-hybridized carbons (Fsp3) is 0.0870. The van der Waals surface area contributed by atoms with E-state index in [4.69, 9.17) is 4.74 Å². The lowest BCUT2D eigenvalue weighted by Gasteiger charge is -2.10. The van der Waals surface area contributed by atoms with Crippen molar-refractivity contribution >= 4 is 33.0 Å². The summed E-state index contributed by atoms with van der Waals surface area (Å²) in [5.74, 6) is 0.224. The number of amides is 1. The number of methoxy groups -OCH3 is 1. The molecule has 33 heavy (non-hydrogen) atoms. The van der Waals surface area contributed by atoms with Gasteiger partial charge in [-0.1, -0.05) is 6.07 Å². The minimum Gasteiger partial charge on any atom is -0.497 e. The molecule has 0 bridgehead atoms. The number of nitrogens with one attached hydrogen (secondary N) is 2. The Labute approximate surface area is 195 Å². The summed E-state index contributed by atoms with van der Waals surface area (Å²) in [6, 6.07) is 16.1. The van der Waals surface area contributed by atoms with E-state index in [2.05, 4.69) is 20.0 Å². The Kier molecular flexibility index (Phi) is 6.66. The number of thiazole rings is 1. The number of carbonyl (C=O) groups is 1. The molecule has 0 fully saturated rings. The summed E-state index contributed by atoms with van der Waals surface area (Å²) in [6.45, 7) is 0.232. The van der Waals surface area contributed by atoms with Crippen LogP contribution in [0, 0.1) is 0 Å². The molecule has 0 atom stereocenters. The van der Waals surface area contributed by atoms with Gasteiger partial charge in [0.05, 0.1) is 24.2 Å². The van der Waals surface area contributed by atoms with Crippen LogP contribution in [0.5, 0.6) is 5.75 Å². The number of nitrogens with zero attached hydrogens (tertiary/aromatic N) is 2. The number of aromatic nitrogens is 2. The molecule has 0 radical (unpaired) electrons. The number of carbonyl (C=O) groups excluding carboxylic acids is 1. The molecule has 2 N–H and O–H groups in total. The van der Waals surface area contributed by atoms with Crippen molar-refractivity contribution in [2.75, 3.05) is 11.8 Å². The molecule has 10 heteroatoms. The lowest BCUT2D eigenvalue weighted by atomic mass is 10.2. The van der Waals surface area contributed by atoms with Crippen molar-refractivity contribution in [3.8, 4) is 17.0 Å². The summed E-state index contributed by atoms with van der Waals surface area (Å²) in [4.78, 5) is 21.1. The molecule has 0 aliphatic rings. The van der Waals surface area contributed by atoms with E-state index in [1.807, 2.05) is 17.5 Å². The van der Waals surface area contributed by atoms with Crippen LogP contribution in [0.1, 0.15) is 15.4 Å². The number of anilines is 1. The summed E-state index contributed by atoms with van der Waals surface area (Å²) in [5, 5.41) is 5.44. The third kappa shape index (κ3) is 5.54. The Morgan fingerprint density at radius 1 is 1.06 bits per heavy atom. The maximum absolute atomic E-state index is 12.8. The Morgan fingerprint density at radius 3 is 2.55 bits per heavy atom. The zero-order valence-electron chi connectivity index (χ0n) is 17.6. The number of hydrogen-bond donors (Lipinski definition) is 2. The molecule has 0 aliphatic carbocycles. The summed E-state index contributed by atoms with van der Waals surface area (Å²) in [6.07, 6.45) is 3.39. The van der Waals surface area contributed by atoms with Gasteiger partial charge in [0, 0.05) is 34.6 Å². The van der Waals surface area contributed by atoms with Crippen LogP contribution in [-0.4, -0.2) is 31.4 Å². The van der Waals surface area contributed by atoms with Gasteiger partial charge in [0.25, 0.3) is 15.9 Å². The van der Waals surface area contributed by atoms with Gasteiger partial charge in [0.15, 0.2) is 0 Å². The summed E-state index contributed by atoms with van der Waals surface area (Å²) >= 11 is 1.43. The largest absolute Gasteiger partial charge is 0.497 e. The van der Waals surface area contributed by atoms with Crippen molar-refractivity contribution < 1.29 is 17.9 Å². The SMILES string of the molecule is COc1ccc(NS(=O)(=O)c2cccc(C(=O)NCc3nc(-c4ccncc4)cs3)c2)cc1. The maximum atomic E-state index is 12.8. The Hall–Kier alpha value is -3.76. The van der Waals surface area contributed by atoms with Gasteiger partial charge in [-0.3, -0.25) is 14.5 Å². The normalized spacial score (nSPS) is 11.1. The predicted octanol–water partition coefficient (Wildman–Crippen LogP) is 3.94. The number of rotatable bonds is 8. The highest BCUT2D eigenvalue weighted by molar-refractivity contribution is 7.92. The first-order chi connectivity index (χ1) is 15.9. The Bertz CT molecular complexity index is 1350. The predicted molar refractivity (Wildman–Crippen MR) is 127 cm³/mol. The fourth-order valence-corrected chi connectivity index (χ4v) is 4.83. The molecule has 0 saturated heterocycles. The highest BCUT2D eigenvalue weighted by atomic mass is 32.2. The van der Waals surface area contributed by atoms with E-state index in [0.29, 0.717) is 11.4 Å². The molecule has 4 rings (SSSR count). The summed E-state index contributed by atoms with van der Waals surface area (Å²) < 4.78 is 33.1. The molecule has 1 amide bonds. The van der Waals surface area contributed by atoms with Crippen molar-refractivity contribution in [3.63, 3.8) is 0 Å². The van der Waals surface area contributed by atoms with Crippen LogP contribution >= 0.6 is 11.3 Å². The van der Waals surface area contributed by atoms with E-state index in [1.165, 1.54) is 36.6 Å². The van der Waals surface area contributed by atoms with Gasteiger partial charge < -0.3 is 10.1 Å². The summed E-state index contributed by atoms with van der Waals surface area (Å²) in [5.41, 5.74) is 2.38. The van der Waals surface area contributed by atoms with E-state index in [0.717, 1.165) is 16.3 Å². The van der Waals surface area contributed by atoms with Gasteiger partial charge in [0.1, 0.15) is 10.8 Å². The number of benzene rings is 2. The summed E-state index contributed by atoms with van der Waals surface area (Å²) in [7, 11) is -2.34. The topological polar surface area (TPSA) is 110 Å². The molecular weight excluding hydrogens is 460 g/mol. The van der Waals surface area contributed by atoms with E-state index < -0.39 is 15.9 Å². The van der Waals surface area contributed by atoms with Crippen LogP contribution in [0.25, 0.3) is 11.3 Å². The number of hydrogen-bond acceptors (Lipinski definition) is 7. The third-order valence-electron chi connectivity index (χ3n) is 4.68. The van der Waals surface area contributed by atoms with Crippen LogP contribution in [0.3, 0.4) is 0 Å². The fourth-order valence-electron chi connectivity index (χ4n) is 2.98. The second kappa shape index (κ2) is 9.80. The Morgan fingerprint density at radius 2 is 1.82 bits per heavy atom. The molecular formula is C23H20N4O4S2. The quantitative estimate of drug-likeness (QED) is 0.395. The van der Waals surface area contributed by atoms with E-state index in [1.54, 1.807) is 42.7 Å². The van der Waals surface area contributed by atoms with Gasteiger partial charge in [-0.25, -0.2) is 13.4 Å². The molecule has 2 heterocycles. The standard InChI is InChI=1S/C23H20N4O4S2/c1-31-19-7-5-18(6-8-19)27-33(29,30)20-4-2-3-17(13-20)23(28)25-14-22-26-21(15-32-22)16-9-11-24-12-10-16/h2-13,15,27H,14H2,1H3,(H,25,28). The van der Waals surface area contributed by atoms with Crippen LogP contribution < -0.4 is 14.8 Å². The van der Waals surface area contributed by atoms with Crippen LogP contribution in [0.4, 0.5) is 5.69 Å². The van der Waals surface area contributed by atoms with Gasteiger partial charge in [-0.05, 0) is 54.6 Å². The van der Waals surface area contributed by atoms with Crippen molar-refractivity contribution in [2.45, 2.75) is 11.4 Å². The monoisotopic (exact) mass is 480 g/mol. The van der Waals surface area contributed by atoms with Gasteiger partial charge in [-0.2, -0.15) is 0 Å². The second-order valence-electron chi connectivity index (χ2n) is 6.91. The van der Waals surface area contributed by atoms with Gasteiger partial charge in [-0.15, -0.1) is 11.3 Å². The third-order valence-corrected chi connectivity index (χ3v) is 6.90. The van der Waals surface area contributed by atoms with Crippen molar-refractivity contribution in [2.24, 2.45) is 0 Å². The smallest absolute Gasteiger partial charge is 0.261 e. The molecule has 2 aromatic carbocycles. The highest BCUT2D eigenvalue weighted by Crippen LogP contribution is 2.22. The molecule has 0 spiro atoms. The zero-order valence-corrected chi connectivity index (χ0v) is 19.2. The average molecular weight is 481 g/mol. The molecule has 0 aliphatic heterocycles. The van der Waals surface area contributed by atoms with Crippen molar-refractivity contribution in [1.82, 2.24) is 15.3 Å². The molecule has 168 valence electrons. The number of sulfonamides is 1. The second-order valence-corrected chi connectivity index (χ2v) is 9.53. The van der Waals surface area contributed by atoms with E-state index in [9.17, 15) is 13.2 Å². The number of ether oxygens (including phenoxy) is 1. The van der Waals surface area contributed by atoms with E-state index in [-0.39, 0.29) is 17.0 Å². The van der Waals surface area contributed by atoms with Crippen LogP contribution in [-0.2, 0) is 16.6 Å². The minimum atomic E-state index is -3.87. The molecule has 4 aromatic rings.